The SMILES string of the molecule is Cc1ccc(CNC(=O)C2=NO[C@@]3(CCCN(C(=O)Nc4cccc(F)c4)C3)C2)cc1. The van der Waals surface area contributed by atoms with E-state index in [0.717, 1.165) is 17.5 Å². The van der Waals surface area contributed by atoms with Crippen molar-refractivity contribution < 1.29 is 18.8 Å². The topological polar surface area (TPSA) is 83.0 Å². The number of hydrogen-bond acceptors (Lipinski definition) is 4. The first-order valence-corrected chi connectivity index (χ1v) is 10.3. The van der Waals surface area contributed by atoms with Crippen molar-refractivity contribution in [2.24, 2.45) is 5.16 Å². The highest BCUT2D eigenvalue weighted by atomic mass is 19.1. The molecule has 0 radical (unpaired) electrons. The summed E-state index contributed by atoms with van der Waals surface area (Å²) in [5.74, 6) is -0.680. The van der Waals surface area contributed by atoms with Crippen molar-refractivity contribution in [3.8, 4) is 0 Å². The second-order valence-electron chi connectivity index (χ2n) is 8.12. The van der Waals surface area contributed by atoms with Crippen molar-refractivity contribution in [2.45, 2.75) is 38.3 Å². The van der Waals surface area contributed by atoms with Crippen LogP contribution in [0, 0.1) is 12.7 Å². The zero-order chi connectivity index (χ0) is 21.8. The number of oxime groups is 1. The van der Waals surface area contributed by atoms with Crippen LogP contribution >= 0.6 is 0 Å². The molecule has 31 heavy (non-hydrogen) atoms. The fraction of sp³-hybridized carbons (Fsp3) is 0.348. The van der Waals surface area contributed by atoms with Crippen LogP contribution in [-0.4, -0.2) is 41.2 Å². The van der Waals surface area contributed by atoms with E-state index in [1.165, 1.54) is 18.2 Å². The number of carbonyl (C=O) groups excluding carboxylic acids is 2. The van der Waals surface area contributed by atoms with Crippen LogP contribution in [0.2, 0.25) is 0 Å². The van der Waals surface area contributed by atoms with E-state index in [1.807, 2.05) is 31.2 Å². The van der Waals surface area contributed by atoms with E-state index >= 15 is 0 Å². The lowest BCUT2D eigenvalue weighted by Gasteiger charge is -2.38. The average Bonchev–Trinajstić information content (AvgIpc) is 3.16. The summed E-state index contributed by atoms with van der Waals surface area (Å²) < 4.78 is 13.4. The number of urea groups is 1. The minimum Gasteiger partial charge on any atom is -0.386 e. The van der Waals surface area contributed by atoms with Gasteiger partial charge >= 0.3 is 6.03 Å². The van der Waals surface area contributed by atoms with Gasteiger partial charge in [-0.15, -0.1) is 0 Å². The number of piperidine rings is 1. The molecule has 0 saturated carbocycles. The normalized spacial score (nSPS) is 20.2. The van der Waals surface area contributed by atoms with E-state index in [9.17, 15) is 14.0 Å². The van der Waals surface area contributed by atoms with E-state index < -0.39 is 11.4 Å². The molecule has 3 amide bonds. The van der Waals surface area contributed by atoms with Gasteiger partial charge in [-0.1, -0.05) is 41.1 Å². The Bertz CT molecular complexity index is 1010. The zero-order valence-electron chi connectivity index (χ0n) is 17.4. The number of nitrogens with zero attached hydrogens (tertiary/aromatic N) is 2. The van der Waals surface area contributed by atoms with Gasteiger partial charge in [-0.25, -0.2) is 9.18 Å². The number of hydrogen-bond donors (Lipinski definition) is 2. The highest BCUT2D eigenvalue weighted by molar-refractivity contribution is 6.39. The Hall–Kier alpha value is -3.42. The number of likely N-dealkylation sites (tertiary alicyclic amines) is 1. The number of benzene rings is 2. The maximum Gasteiger partial charge on any atom is 0.321 e. The monoisotopic (exact) mass is 424 g/mol. The molecule has 1 saturated heterocycles. The molecule has 2 aromatic rings. The fourth-order valence-electron chi connectivity index (χ4n) is 3.89. The van der Waals surface area contributed by atoms with Crippen molar-refractivity contribution in [1.29, 1.82) is 0 Å². The van der Waals surface area contributed by atoms with Crippen molar-refractivity contribution in [2.75, 3.05) is 18.4 Å². The number of anilines is 1. The fourth-order valence-corrected chi connectivity index (χ4v) is 3.89. The van der Waals surface area contributed by atoms with Gasteiger partial charge in [-0.2, -0.15) is 0 Å². The number of aryl methyl sites for hydroxylation is 1. The number of amides is 3. The molecular weight excluding hydrogens is 399 g/mol. The summed E-state index contributed by atoms with van der Waals surface area (Å²) in [5, 5.41) is 9.61. The van der Waals surface area contributed by atoms with Gasteiger partial charge in [0, 0.05) is 25.2 Å². The van der Waals surface area contributed by atoms with E-state index in [1.54, 1.807) is 11.0 Å². The van der Waals surface area contributed by atoms with Crippen LogP contribution < -0.4 is 10.6 Å². The van der Waals surface area contributed by atoms with E-state index in [-0.39, 0.29) is 11.9 Å². The lowest BCUT2D eigenvalue weighted by molar-refractivity contribution is -0.115. The molecule has 4 rings (SSSR count). The predicted molar refractivity (Wildman–Crippen MR) is 115 cm³/mol. The van der Waals surface area contributed by atoms with Crippen LogP contribution in [0.15, 0.2) is 53.7 Å². The summed E-state index contributed by atoms with van der Waals surface area (Å²) in [7, 11) is 0. The van der Waals surface area contributed by atoms with Gasteiger partial charge in [-0.3, -0.25) is 4.79 Å². The minimum atomic E-state index is -0.700. The van der Waals surface area contributed by atoms with Gasteiger partial charge in [0.15, 0.2) is 5.60 Å². The Labute approximate surface area is 180 Å². The summed E-state index contributed by atoms with van der Waals surface area (Å²) in [6, 6.07) is 13.4. The summed E-state index contributed by atoms with van der Waals surface area (Å²) in [6.07, 6.45) is 1.77. The lowest BCUT2D eigenvalue weighted by Crippen LogP contribution is -2.52. The lowest BCUT2D eigenvalue weighted by atomic mass is 9.88. The van der Waals surface area contributed by atoms with Crippen molar-refractivity contribution >= 4 is 23.3 Å². The maximum absolute atomic E-state index is 13.4. The largest absolute Gasteiger partial charge is 0.386 e. The van der Waals surface area contributed by atoms with Crippen LogP contribution in [0.25, 0.3) is 0 Å². The molecule has 2 aliphatic heterocycles. The number of halogens is 1. The third kappa shape index (κ3) is 5.02. The second-order valence-corrected chi connectivity index (χ2v) is 8.12. The van der Waals surface area contributed by atoms with Crippen LogP contribution in [0.1, 0.15) is 30.4 Å². The Kier molecular flexibility index (Phi) is 5.88. The molecule has 2 aliphatic rings. The van der Waals surface area contributed by atoms with Crippen molar-refractivity contribution in [3.63, 3.8) is 0 Å². The summed E-state index contributed by atoms with van der Waals surface area (Å²) in [6.45, 7) is 3.29. The molecule has 1 fully saturated rings. The van der Waals surface area contributed by atoms with Crippen molar-refractivity contribution in [3.05, 3.63) is 65.5 Å². The first kappa shape index (κ1) is 20.8. The van der Waals surface area contributed by atoms with Gasteiger partial charge in [0.05, 0.1) is 6.54 Å². The predicted octanol–water partition coefficient (Wildman–Crippen LogP) is 3.59. The molecule has 162 valence electrons. The van der Waals surface area contributed by atoms with Gasteiger partial charge in [0.25, 0.3) is 5.91 Å². The maximum atomic E-state index is 13.4. The second kappa shape index (κ2) is 8.75. The summed E-state index contributed by atoms with van der Waals surface area (Å²) >= 11 is 0. The molecule has 0 aromatic heterocycles. The smallest absolute Gasteiger partial charge is 0.321 e. The van der Waals surface area contributed by atoms with Crippen molar-refractivity contribution in [1.82, 2.24) is 10.2 Å². The average molecular weight is 424 g/mol. The minimum absolute atomic E-state index is 0.265. The molecule has 8 heteroatoms. The molecule has 2 aromatic carbocycles. The number of carbonyl (C=O) groups is 2. The van der Waals surface area contributed by atoms with Gasteiger partial charge in [0.2, 0.25) is 0 Å². The first-order valence-electron chi connectivity index (χ1n) is 10.3. The van der Waals surface area contributed by atoms with Crippen LogP contribution in [-0.2, 0) is 16.2 Å². The molecule has 2 N–H and O–H groups in total. The van der Waals surface area contributed by atoms with E-state index in [4.69, 9.17) is 4.84 Å². The Morgan fingerprint density at radius 3 is 2.81 bits per heavy atom. The van der Waals surface area contributed by atoms with Gasteiger partial charge in [0.1, 0.15) is 11.5 Å². The summed E-state index contributed by atoms with van der Waals surface area (Å²) in [5.41, 5.74) is 2.19. The molecule has 0 bridgehead atoms. The highest BCUT2D eigenvalue weighted by Gasteiger charge is 2.45. The van der Waals surface area contributed by atoms with Gasteiger partial charge < -0.3 is 20.4 Å². The first-order chi connectivity index (χ1) is 14.9. The third-order valence-electron chi connectivity index (χ3n) is 5.58. The number of nitrogens with one attached hydrogen (secondary N) is 2. The van der Waals surface area contributed by atoms with E-state index in [2.05, 4.69) is 15.8 Å². The molecule has 0 aliphatic carbocycles. The molecule has 2 heterocycles. The molecule has 7 nitrogen and oxygen atoms in total. The standard InChI is InChI=1S/C23H25FN4O3/c1-16-6-8-17(9-7-16)14-25-21(29)20-13-23(31-27-20)10-3-11-28(15-23)22(30)26-19-5-2-4-18(24)12-19/h2,4-9,12H,3,10-11,13-15H2,1H3,(H,25,29)(H,26,30)/t23-/m0/s1. The molecule has 1 spiro atoms. The molecule has 0 unspecified atom stereocenters. The van der Waals surface area contributed by atoms with Crippen LogP contribution in [0.3, 0.4) is 0 Å². The van der Waals surface area contributed by atoms with Crippen LogP contribution in [0.4, 0.5) is 14.9 Å². The highest BCUT2D eigenvalue weighted by Crippen LogP contribution is 2.33. The third-order valence-corrected chi connectivity index (χ3v) is 5.58. The van der Waals surface area contributed by atoms with E-state index in [0.29, 0.717) is 43.9 Å². The number of rotatable bonds is 4. The Morgan fingerprint density at radius 1 is 1.23 bits per heavy atom. The molecular formula is C23H25FN4O3. The summed E-state index contributed by atoms with van der Waals surface area (Å²) in [4.78, 5) is 32.5. The van der Waals surface area contributed by atoms with Gasteiger partial charge in [-0.05, 0) is 43.5 Å². The zero-order valence-corrected chi connectivity index (χ0v) is 17.4. The van der Waals surface area contributed by atoms with Crippen LogP contribution in [0.5, 0.6) is 0 Å². The quantitative estimate of drug-likeness (QED) is 0.787. The Balaban J connectivity index is 1.32. The molecule has 1 atom stereocenters. The Morgan fingerprint density at radius 2 is 2.03 bits per heavy atom.